The Labute approximate surface area is 113 Å². The predicted molar refractivity (Wildman–Crippen MR) is 67.5 cm³/mol. The normalized spacial score (nSPS) is 11.2. The summed E-state index contributed by atoms with van der Waals surface area (Å²) in [5, 5.41) is 2.75. The standard InChI is InChI=1S/C13H12F3N3O/c14-13(15,16)11-8-12(19-9-18-11)17-6-7-20-10-4-2-1-3-5-10/h1-5,8-9H,6-7H2,(H,17,18,19). The fourth-order valence-corrected chi connectivity index (χ4v) is 1.47. The summed E-state index contributed by atoms with van der Waals surface area (Å²) >= 11 is 0. The number of alkyl halides is 3. The van der Waals surface area contributed by atoms with Crippen molar-refractivity contribution in [2.75, 3.05) is 18.5 Å². The first kappa shape index (κ1) is 14.1. The maximum atomic E-state index is 12.4. The number of benzene rings is 1. The molecule has 0 spiro atoms. The molecule has 0 amide bonds. The lowest BCUT2D eigenvalue weighted by Crippen LogP contribution is -2.14. The van der Waals surface area contributed by atoms with Crippen LogP contribution in [0.4, 0.5) is 19.0 Å². The van der Waals surface area contributed by atoms with Crippen LogP contribution in [0.1, 0.15) is 5.69 Å². The molecule has 1 aromatic carbocycles. The average molecular weight is 283 g/mol. The number of anilines is 1. The molecule has 20 heavy (non-hydrogen) atoms. The van der Waals surface area contributed by atoms with Crippen LogP contribution in [0.2, 0.25) is 0 Å². The third-order valence-electron chi connectivity index (χ3n) is 2.38. The third kappa shape index (κ3) is 4.11. The third-order valence-corrected chi connectivity index (χ3v) is 2.38. The Morgan fingerprint density at radius 1 is 1.10 bits per heavy atom. The van der Waals surface area contributed by atoms with Crippen LogP contribution < -0.4 is 10.1 Å². The van der Waals surface area contributed by atoms with E-state index in [1.807, 2.05) is 18.2 Å². The summed E-state index contributed by atoms with van der Waals surface area (Å²) in [6.45, 7) is 0.651. The molecule has 0 aliphatic rings. The van der Waals surface area contributed by atoms with Crippen LogP contribution in [0.5, 0.6) is 5.75 Å². The smallest absolute Gasteiger partial charge is 0.433 e. The lowest BCUT2D eigenvalue weighted by Gasteiger charge is -2.09. The van der Waals surface area contributed by atoms with E-state index in [-0.39, 0.29) is 5.82 Å². The molecule has 0 radical (unpaired) electrons. The number of hydrogen-bond acceptors (Lipinski definition) is 4. The molecule has 0 fully saturated rings. The molecule has 1 N–H and O–H groups in total. The van der Waals surface area contributed by atoms with E-state index in [1.165, 1.54) is 0 Å². The lowest BCUT2D eigenvalue weighted by molar-refractivity contribution is -0.141. The molecule has 0 unspecified atom stereocenters. The molecule has 7 heteroatoms. The van der Waals surface area contributed by atoms with Crippen molar-refractivity contribution in [3.63, 3.8) is 0 Å². The fraction of sp³-hybridized carbons (Fsp3) is 0.231. The summed E-state index contributed by atoms with van der Waals surface area (Å²) in [6, 6.07) is 10.00. The highest BCUT2D eigenvalue weighted by Gasteiger charge is 2.32. The molecular weight excluding hydrogens is 271 g/mol. The number of ether oxygens (including phenoxy) is 1. The molecule has 2 aromatic rings. The van der Waals surface area contributed by atoms with Crippen LogP contribution in [0.3, 0.4) is 0 Å². The van der Waals surface area contributed by atoms with Gasteiger partial charge in [-0.05, 0) is 12.1 Å². The van der Waals surface area contributed by atoms with Gasteiger partial charge in [-0.2, -0.15) is 13.2 Å². The Balaban J connectivity index is 1.83. The minimum atomic E-state index is -4.47. The van der Waals surface area contributed by atoms with Gasteiger partial charge in [0.05, 0.1) is 6.54 Å². The summed E-state index contributed by atoms with van der Waals surface area (Å²) in [5.74, 6) is 0.817. The van der Waals surface area contributed by atoms with Gasteiger partial charge in [0.1, 0.15) is 30.2 Å². The summed E-state index contributed by atoms with van der Waals surface area (Å²) < 4.78 is 42.7. The molecule has 0 aliphatic carbocycles. The highest BCUT2D eigenvalue weighted by molar-refractivity contribution is 5.35. The van der Waals surface area contributed by atoms with Gasteiger partial charge in [-0.15, -0.1) is 0 Å². The summed E-state index contributed by atoms with van der Waals surface area (Å²) in [6.07, 6.45) is -3.59. The van der Waals surface area contributed by atoms with Gasteiger partial charge in [0.25, 0.3) is 0 Å². The van der Waals surface area contributed by atoms with E-state index in [1.54, 1.807) is 12.1 Å². The first-order chi connectivity index (χ1) is 9.55. The Morgan fingerprint density at radius 2 is 1.85 bits per heavy atom. The van der Waals surface area contributed by atoms with Crippen LogP contribution in [-0.4, -0.2) is 23.1 Å². The second-order valence-corrected chi connectivity index (χ2v) is 3.87. The molecule has 0 atom stereocenters. The topological polar surface area (TPSA) is 47.0 Å². The number of halogens is 3. The van der Waals surface area contributed by atoms with Gasteiger partial charge in [0, 0.05) is 6.07 Å². The minimum absolute atomic E-state index is 0.115. The Hall–Kier alpha value is -2.31. The van der Waals surface area contributed by atoms with Crippen molar-refractivity contribution < 1.29 is 17.9 Å². The second kappa shape index (κ2) is 6.23. The predicted octanol–water partition coefficient (Wildman–Crippen LogP) is 2.99. The zero-order chi connectivity index (χ0) is 14.4. The number of nitrogens with one attached hydrogen (secondary N) is 1. The van der Waals surface area contributed by atoms with Crippen molar-refractivity contribution in [2.24, 2.45) is 0 Å². The van der Waals surface area contributed by atoms with Crippen LogP contribution in [0.15, 0.2) is 42.7 Å². The van der Waals surface area contributed by atoms with Gasteiger partial charge in [0.2, 0.25) is 0 Å². The van der Waals surface area contributed by atoms with Gasteiger partial charge < -0.3 is 10.1 Å². The molecule has 1 heterocycles. The summed E-state index contributed by atoms with van der Waals surface area (Å²) in [5.41, 5.74) is -0.973. The van der Waals surface area contributed by atoms with E-state index in [4.69, 9.17) is 4.74 Å². The van der Waals surface area contributed by atoms with Crippen LogP contribution in [0, 0.1) is 0 Å². The highest BCUT2D eigenvalue weighted by Crippen LogP contribution is 2.27. The van der Waals surface area contributed by atoms with Gasteiger partial charge >= 0.3 is 6.18 Å². The summed E-state index contributed by atoms with van der Waals surface area (Å²) in [4.78, 5) is 6.90. The van der Waals surface area contributed by atoms with E-state index in [2.05, 4.69) is 15.3 Å². The minimum Gasteiger partial charge on any atom is -0.492 e. The molecule has 0 aliphatic heterocycles. The SMILES string of the molecule is FC(F)(F)c1cc(NCCOc2ccccc2)ncn1. The van der Waals surface area contributed by atoms with Crippen molar-refractivity contribution in [1.82, 2.24) is 9.97 Å². The molecule has 106 valence electrons. The van der Waals surface area contributed by atoms with E-state index in [0.29, 0.717) is 18.9 Å². The molecule has 0 saturated heterocycles. The van der Waals surface area contributed by atoms with Gasteiger partial charge in [0.15, 0.2) is 0 Å². The quantitative estimate of drug-likeness (QED) is 0.857. The van der Waals surface area contributed by atoms with Crippen molar-refractivity contribution in [3.05, 3.63) is 48.4 Å². The van der Waals surface area contributed by atoms with Gasteiger partial charge in [-0.25, -0.2) is 9.97 Å². The zero-order valence-corrected chi connectivity index (χ0v) is 10.4. The van der Waals surface area contributed by atoms with E-state index >= 15 is 0 Å². The van der Waals surface area contributed by atoms with Crippen LogP contribution in [-0.2, 0) is 6.18 Å². The zero-order valence-electron chi connectivity index (χ0n) is 10.4. The number of rotatable bonds is 5. The molecule has 0 saturated carbocycles. The highest BCUT2D eigenvalue weighted by atomic mass is 19.4. The van der Waals surface area contributed by atoms with E-state index in [9.17, 15) is 13.2 Å². The lowest BCUT2D eigenvalue weighted by atomic mass is 10.3. The Morgan fingerprint density at radius 3 is 2.55 bits per heavy atom. The molecule has 4 nitrogen and oxygen atoms in total. The van der Waals surface area contributed by atoms with Crippen LogP contribution >= 0.6 is 0 Å². The maximum absolute atomic E-state index is 12.4. The Kier molecular flexibility index (Phi) is 4.39. The number of aromatic nitrogens is 2. The van der Waals surface area contributed by atoms with Crippen LogP contribution in [0.25, 0.3) is 0 Å². The number of nitrogens with zero attached hydrogens (tertiary/aromatic N) is 2. The van der Waals surface area contributed by atoms with Crippen molar-refractivity contribution >= 4 is 5.82 Å². The molecule has 2 rings (SSSR count). The van der Waals surface area contributed by atoms with Crippen molar-refractivity contribution in [2.45, 2.75) is 6.18 Å². The Bertz CT molecular complexity index is 546. The largest absolute Gasteiger partial charge is 0.492 e. The average Bonchev–Trinajstić information content (AvgIpc) is 2.44. The van der Waals surface area contributed by atoms with E-state index in [0.717, 1.165) is 12.4 Å². The van der Waals surface area contributed by atoms with E-state index < -0.39 is 11.9 Å². The number of para-hydroxylation sites is 1. The molecule has 0 bridgehead atoms. The molecular formula is C13H12F3N3O. The number of hydrogen-bond donors (Lipinski definition) is 1. The first-order valence-electron chi connectivity index (χ1n) is 5.86. The van der Waals surface area contributed by atoms with Gasteiger partial charge in [-0.3, -0.25) is 0 Å². The summed E-state index contributed by atoms with van der Waals surface area (Å²) in [7, 11) is 0. The monoisotopic (exact) mass is 283 g/mol. The first-order valence-corrected chi connectivity index (χ1v) is 5.86. The van der Waals surface area contributed by atoms with Crippen molar-refractivity contribution in [1.29, 1.82) is 0 Å². The molecule has 1 aromatic heterocycles. The van der Waals surface area contributed by atoms with Gasteiger partial charge in [-0.1, -0.05) is 18.2 Å². The second-order valence-electron chi connectivity index (χ2n) is 3.87. The van der Waals surface area contributed by atoms with Crippen molar-refractivity contribution in [3.8, 4) is 5.75 Å². The fourth-order valence-electron chi connectivity index (χ4n) is 1.47. The maximum Gasteiger partial charge on any atom is 0.433 e.